The summed E-state index contributed by atoms with van der Waals surface area (Å²) in [6.07, 6.45) is 8.26. The normalized spacial score (nSPS) is 48.6. The van der Waals surface area contributed by atoms with E-state index >= 15 is 0 Å². The number of hydrogen-bond acceptors (Lipinski definition) is 7. The van der Waals surface area contributed by atoms with Crippen LogP contribution in [0, 0.1) is 35.5 Å². The molecule has 4 aliphatic heterocycles. The van der Waals surface area contributed by atoms with Crippen LogP contribution in [0.5, 0.6) is 0 Å². The zero-order valence-electron chi connectivity index (χ0n) is 19.7. The monoisotopic (exact) mass is 464 g/mol. The van der Waals surface area contributed by atoms with Crippen molar-refractivity contribution in [1.82, 2.24) is 0 Å². The van der Waals surface area contributed by atoms with E-state index in [0.717, 1.165) is 25.7 Å². The van der Waals surface area contributed by atoms with Gasteiger partial charge < -0.3 is 19.3 Å². The topological polar surface area (TPSA) is 101 Å². The highest BCUT2D eigenvalue weighted by Gasteiger charge is 2.69. The highest BCUT2D eigenvalue weighted by Crippen LogP contribution is 2.60. The largest absolute Gasteiger partial charge is 0.481 e. The van der Waals surface area contributed by atoms with Crippen molar-refractivity contribution >= 4 is 11.9 Å². The SMILES string of the molecule is C[C@@H]1CCC2[C@@H](C)[C@@H](CCOC(=O)C3CC=CCC3C(=O)O)O[C@@H]3O[C@]4(C)CCC1[C@@]23OO4. The lowest BCUT2D eigenvalue weighted by molar-refractivity contribution is -0.571. The maximum absolute atomic E-state index is 12.6. The molecule has 0 aromatic rings. The maximum atomic E-state index is 12.6. The van der Waals surface area contributed by atoms with E-state index in [-0.39, 0.29) is 24.5 Å². The Morgan fingerprint density at radius 2 is 1.82 bits per heavy atom. The van der Waals surface area contributed by atoms with Crippen LogP contribution in [0.4, 0.5) is 0 Å². The van der Waals surface area contributed by atoms with Crippen molar-refractivity contribution in [2.75, 3.05) is 6.61 Å². The quantitative estimate of drug-likeness (QED) is 0.372. The summed E-state index contributed by atoms with van der Waals surface area (Å²) >= 11 is 0. The lowest BCUT2D eigenvalue weighted by Gasteiger charge is -2.60. The molecule has 6 aliphatic rings. The van der Waals surface area contributed by atoms with Crippen molar-refractivity contribution in [3.8, 4) is 0 Å². The van der Waals surface area contributed by atoms with Gasteiger partial charge in [-0.05, 0) is 56.8 Å². The number of allylic oxidation sites excluding steroid dienone is 2. The molecule has 2 bridgehead atoms. The Hall–Kier alpha value is -1.48. The number of carboxylic acid groups (broad SMARTS) is 1. The molecular weight excluding hydrogens is 428 g/mol. The summed E-state index contributed by atoms with van der Waals surface area (Å²) in [4.78, 5) is 36.2. The molecule has 8 nitrogen and oxygen atoms in total. The lowest BCUT2D eigenvalue weighted by Crippen LogP contribution is -2.70. The van der Waals surface area contributed by atoms with Gasteiger partial charge in [0.15, 0.2) is 11.9 Å². The number of hydrogen-bond donors (Lipinski definition) is 1. The molecule has 1 spiro atoms. The van der Waals surface area contributed by atoms with E-state index in [0.29, 0.717) is 31.1 Å². The molecule has 4 heterocycles. The maximum Gasteiger partial charge on any atom is 0.310 e. The second-order valence-electron chi connectivity index (χ2n) is 10.9. The zero-order chi connectivity index (χ0) is 23.4. The minimum atomic E-state index is -0.951. The van der Waals surface area contributed by atoms with Gasteiger partial charge in [0, 0.05) is 18.8 Å². The highest BCUT2D eigenvalue weighted by molar-refractivity contribution is 5.81. The Bertz CT molecular complexity index is 812. The van der Waals surface area contributed by atoms with Crippen molar-refractivity contribution in [2.45, 2.75) is 89.5 Å². The Kier molecular flexibility index (Phi) is 6.08. The molecule has 10 atom stereocenters. The van der Waals surface area contributed by atoms with Crippen LogP contribution in [0.25, 0.3) is 0 Å². The first-order valence-corrected chi connectivity index (χ1v) is 12.5. The molecule has 4 saturated heterocycles. The predicted octanol–water partition coefficient (Wildman–Crippen LogP) is 3.84. The molecule has 6 rings (SSSR count). The standard InChI is InChI=1S/C25H36O8/c1-14-8-9-19-15(2)20(11-13-29-22(28)17-7-5-4-6-16(17)21(26)27)30-23-25(19)18(14)10-12-24(3,31-23)32-33-25/h4-5,14-20,23H,6-13H2,1-3H3,(H,26,27)/t14-,15-,16?,17?,18?,19?,20-,23-,24+,25-/m1/s1. The third kappa shape index (κ3) is 3.83. The fourth-order valence-corrected chi connectivity index (χ4v) is 7.04. The van der Waals surface area contributed by atoms with Gasteiger partial charge >= 0.3 is 11.9 Å². The summed E-state index contributed by atoms with van der Waals surface area (Å²) in [7, 11) is 0. The summed E-state index contributed by atoms with van der Waals surface area (Å²) in [5.41, 5.74) is -0.594. The Labute approximate surface area is 194 Å². The first-order chi connectivity index (χ1) is 15.7. The van der Waals surface area contributed by atoms with Gasteiger partial charge in [0.05, 0.1) is 24.5 Å². The van der Waals surface area contributed by atoms with Gasteiger partial charge in [0.1, 0.15) is 0 Å². The molecule has 0 radical (unpaired) electrons. The van der Waals surface area contributed by atoms with Crippen LogP contribution in [0.1, 0.15) is 65.7 Å². The average Bonchev–Trinajstić information content (AvgIpc) is 3.03. The second kappa shape index (κ2) is 8.63. The Balaban J connectivity index is 1.26. The smallest absolute Gasteiger partial charge is 0.310 e. The van der Waals surface area contributed by atoms with Crippen molar-refractivity contribution in [3.63, 3.8) is 0 Å². The van der Waals surface area contributed by atoms with E-state index in [1.54, 1.807) is 0 Å². The fraction of sp³-hybridized carbons (Fsp3) is 0.840. The van der Waals surface area contributed by atoms with E-state index < -0.39 is 41.5 Å². The van der Waals surface area contributed by atoms with Gasteiger partial charge in [0.2, 0.25) is 5.79 Å². The fourth-order valence-electron chi connectivity index (χ4n) is 7.04. The van der Waals surface area contributed by atoms with E-state index in [1.165, 1.54) is 0 Å². The zero-order valence-corrected chi connectivity index (χ0v) is 19.7. The van der Waals surface area contributed by atoms with Crippen LogP contribution in [0.2, 0.25) is 0 Å². The summed E-state index contributed by atoms with van der Waals surface area (Å²) in [5, 5.41) is 9.43. The molecule has 0 amide bonds. The number of esters is 1. The van der Waals surface area contributed by atoms with E-state index in [4.69, 9.17) is 24.0 Å². The van der Waals surface area contributed by atoms with Gasteiger partial charge in [0.25, 0.3) is 0 Å². The third-order valence-electron chi connectivity index (χ3n) is 8.99. The van der Waals surface area contributed by atoms with Crippen LogP contribution in [-0.2, 0) is 33.6 Å². The lowest BCUT2D eigenvalue weighted by atomic mass is 9.57. The summed E-state index contributed by atoms with van der Waals surface area (Å²) in [5.74, 6) is -2.30. The van der Waals surface area contributed by atoms with Crippen molar-refractivity contribution in [2.24, 2.45) is 35.5 Å². The number of carbonyl (C=O) groups excluding carboxylic acids is 1. The van der Waals surface area contributed by atoms with Gasteiger partial charge in [-0.2, -0.15) is 0 Å². The molecule has 33 heavy (non-hydrogen) atoms. The molecule has 0 aromatic carbocycles. The van der Waals surface area contributed by atoms with E-state index in [2.05, 4.69) is 13.8 Å². The molecule has 1 saturated carbocycles. The molecule has 1 N–H and O–H groups in total. The van der Waals surface area contributed by atoms with Crippen molar-refractivity contribution < 1.29 is 38.7 Å². The van der Waals surface area contributed by atoms with Gasteiger partial charge in [-0.1, -0.05) is 26.0 Å². The minimum Gasteiger partial charge on any atom is -0.481 e. The molecular formula is C25H36O8. The van der Waals surface area contributed by atoms with Crippen LogP contribution < -0.4 is 0 Å². The molecule has 0 aromatic heterocycles. The predicted molar refractivity (Wildman–Crippen MR) is 115 cm³/mol. The molecule has 4 unspecified atom stereocenters. The first kappa shape index (κ1) is 23.3. The van der Waals surface area contributed by atoms with E-state index in [1.807, 2.05) is 19.1 Å². The number of fused-ring (bicyclic) bond motifs is 2. The second-order valence-corrected chi connectivity index (χ2v) is 10.9. The Morgan fingerprint density at radius 1 is 1.06 bits per heavy atom. The molecule has 2 aliphatic carbocycles. The number of ether oxygens (including phenoxy) is 3. The summed E-state index contributed by atoms with van der Waals surface area (Å²) in [6, 6.07) is 0. The summed E-state index contributed by atoms with van der Waals surface area (Å²) in [6.45, 7) is 6.58. The number of carboxylic acids is 1. The van der Waals surface area contributed by atoms with Crippen LogP contribution >= 0.6 is 0 Å². The third-order valence-corrected chi connectivity index (χ3v) is 8.99. The van der Waals surface area contributed by atoms with Crippen molar-refractivity contribution in [3.05, 3.63) is 12.2 Å². The summed E-state index contributed by atoms with van der Waals surface area (Å²) < 4.78 is 18.5. The van der Waals surface area contributed by atoms with Crippen LogP contribution in [0.3, 0.4) is 0 Å². The first-order valence-electron chi connectivity index (χ1n) is 12.5. The number of rotatable bonds is 5. The van der Waals surface area contributed by atoms with Gasteiger partial charge in [-0.15, -0.1) is 0 Å². The molecule has 8 heteroatoms. The molecule has 5 fully saturated rings. The van der Waals surface area contributed by atoms with E-state index in [9.17, 15) is 14.7 Å². The molecule has 184 valence electrons. The van der Waals surface area contributed by atoms with Gasteiger partial charge in [-0.3, -0.25) is 9.59 Å². The average molecular weight is 465 g/mol. The van der Waals surface area contributed by atoms with Crippen LogP contribution in [0.15, 0.2) is 12.2 Å². The van der Waals surface area contributed by atoms with Crippen molar-refractivity contribution in [1.29, 1.82) is 0 Å². The Morgan fingerprint density at radius 3 is 2.58 bits per heavy atom. The number of aliphatic carboxylic acids is 1. The van der Waals surface area contributed by atoms with Gasteiger partial charge in [-0.25, -0.2) is 9.78 Å². The minimum absolute atomic E-state index is 0.138. The van der Waals surface area contributed by atoms with Crippen LogP contribution in [-0.4, -0.2) is 47.4 Å². The number of carbonyl (C=O) groups is 2. The highest BCUT2D eigenvalue weighted by atomic mass is 17.3.